The molecule has 0 spiro atoms. The Morgan fingerprint density at radius 2 is 1.85 bits per heavy atom. The molecule has 1 aromatic carbocycles. The predicted octanol–water partition coefficient (Wildman–Crippen LogP) is 3.30. The molecule has 0 aliphatic rings. The molecule has 0 unspecified atom stereocenters. The maximum atomic E-state index is 12.9. The van der Waals surface area contributed by atoms with Crippen LogP contribution in [-0.4, -0.2) is 18.2 Å². The Balaban J connectivity index is 1.91. The summed E-state index contributed by atoms with van der Waals surface area (Å²) in [7, 11) is -3.71. The van der Waals surface area contributed by atoms with Crippen LogP contribution in [0.2, 0.25) is 0 Å². The Hall–Kier alpha value is -2.38. The van der Waals surface area contributed by atoms with E-state index in [1.165, 1.54) is 6.26 Å². The number of rotatable bonds is 6. The highest BCUT2D eigenvalue weighted by molar-refractivity contribution is 7.89. The number of nitrogens with one attached hydrogen (secondary N) is 1. The number of nitrogens with zero attached hydrogens (tertiary/aromatic N) is 2. The molecule has 0 bridgehead atoms. The normalized spacial score (nSPS) is 12.4. The van der Waals surface area contributed by atoms with Crippen molar-refractivity contribution >= 4 is 10.0 Å². The molecule has 0 atom stereocenters. The molecule has 138 valence electrons. The molecule has 26 heavy (non-hydrogen) atoms. The summed E-state index contributed by atoms with van der Waals surface area (Å²) in [6.45, 7) is 6.47. The zero-order chi connectivity index (χ0) is 18.8. The van der Waals surface area contributed by atoms with Gasteiger partial charge in [-0.05, 0) is 17.7 Å². The van der Waals surface area contributed by atoms with Crippen LogP contribution < -0.4 is 4.72 Å². The number of benzene rings is 1. The maximum Gasteiger partial charge on any atom is 0.244 e. The molecule has 0 fully saturated rings. The van der Waals surface area contributed by atoms with Gasteiger partial charge in [0.25, 0.3) is 0 Å². The van der Waals surface area contributed by atoms with Crippen LogP contribution in [0.1, 0.15) is 37.8 Å². The van der Waals surface area contributed by atoms with Crippen molar-refractivity contribution < 1.29 is 12.8 Å². The van der Waals surface area contributed by atoms with Crippen molar-refractivity contribution in [2.24, 2.45) is 0 Å². The summed E-state index contributed by atoms with van der Waals surface area (Å²) in [5, 5.41) is 4.56. The first-order chi connectivity index (χ1) is 12.3. The molecule has 2 heterocycles. The third-order valence-corrected chi connectivity index (χ3v) is 5.33. The summed E-state index contributed by atoms with van der Waals surface area (Å²) < 4.78 is 35.2. The van der Waals surface area contributed by atoms with Gasteiger partial charge in [0, 0.05) is 11.6 Å². The second-order valence-electron chi connectivity index (χ2n) is 7.18. The van der Waals surface area contributed by atoms with Crippen molar-refractivity contribution in [1.82, 2.24) is 14.5 Å². The van der Waals surface area contributed by atoms with Gasteiger partial charge in [-0.1, -0.05) is 51.1 Å². The van der Waals surface area contributed by atoms with Crippen molar-refractivity contribution in [2.45, 2.75) is 44.2 Å². The van der Waals surface area contributed by atoms with Gasteiger partial charge in [0.05, 0.1) is 25.0 Å². The Kier molecular flexibility index (Phi) is 5.02. The van der Waals surface area contributed by atoms with Crippen LogP contribution in [0, 0.1) is 0 Å². The third kappa shape index (κ3) is 4.23. The molecule has 2 aromatic heterocycles. The summed E-state index contributed by atoms with van der Waals surface area (Å²) >= 11 is 0. The highest BCUT2D eigenvalue weighted by Crippen LogP contribution is 2.28. The fraction of sp³-hybridized carbons (Fsp3) is 0.316. The molecular weight excluding hydrogens is 350 g/mol. The largest absolute Gasteiger partial charge is 0.468 e. The van der Waals surface area contributed by atoms with Gasteiger partial charge in [0.15, 0.2) is 0 Å². The fourth-order valence-corrected chi connectivity index (χ4v) is 3.98. The monoisotopic (exact) mass is 373 g/mol. The smallest absolute Gasteiger partial charge is 0.244 e. The van der Waals surface area contributed by atoms with Gasteiger partial charge < -0.3 is 4.42 Å². The van der Waals surface area contributed by atoms with Gasteiger partial charge in [-0.15, -0.1) is 0 Å². The molecule has 3 rings (SSSR count). The van der Waals surface area contributed by atoms with E-state index in [1.807, 2.05) is 51.1 Å². The van der Waals surface area contributed by atoms with Gasteiger partial charge in [-0.3, -0.25) is 4.68 Å². The van der Waals surface area contributed by atoms with E-state index < -0.39 is 15.4 Å². The third-order valence-electron chi connectivity index (χ3n) is 3.93. The molecule has 0 radical (unpaired) electrons. The molecule has 6 nitrogen and oxygen atoms in total. The summed E-state index contributed by atoms with van der Waals surface area (Å²) in [4.78, 5) is 0.201. The van der Waals surface area contributed by atoms with E-state index in [1.54, 1.807) is 23.0 Å². The topological polar surface area (TPSA) is 77.1 Å². The van der Waals surface area contributed by atoms with Crippen LogP contribution in [-0.2, 0) is 28.5 Å². The lowest BCUT2D eigenvalue weighted by atomic mass is 9.92. The minimum atomic E-state index is -3.71. The maximum absolute atomic E-state index is 12.9. The first-order valence-electron chi connectivity index (χ1n) is 8.39. The number of hydrogen-bond acceptors (Lipinski definition) is 4. The molecule has 7 heteroatoms. The van der Waals surface area contributed by atoms with Crippen LogP contribution in [0.4, 0.5) is 0 Å². The van der Waals surface area contributed by atoms with Gasteiger partial charge >= 0.3 is 0 Å². The summed E-state index contributed by atoms with van der Waals surface area (Å²) in [6.07, 6.45) is 3.11. The number of sulfonamides is 1. The van der Waals surface area contributed by atoms with E-state index in [0.29, 0.717) is 18.0 Å². The van der Waals surface area contributed by atoms with E-state index >= 15 is 0 Å². The molecule has 0 aliphatic carbocycles. The van der Waals surface area contributed by atoms with Crippen molar-refractivity contribution in [3.05, 3.63) is 71.9 Å². The van der Waals surface area contributed by atoms with Gasteiger partial charge in [0.2, 0.25) is 10.0 Å². The van der Waals surface area contributed by atoms with Gasteiger partial charge in [0.1, 0.15) is 10.7 Å². The van der Waals surface area contributed by atoms with Gasteiger partial charge in [-0.2, -0.15) is 5.10 Å². The minimum Gasteiger partial charge on any atom is -0.468 e. The predicted molar refractivity (Wildman–Crippen MR) is 99.2 cm³/mol. The molecule has 0 saturated carbocycles. The number of furan rings is 1. The highest BCUT2D eigenvalue weighted by atomic mass is 32.2. The SMILES string of the molecule is CC(C)(C)c1nn(Cc2ccccc2)cc1S(=O)(=O)NCc1ccco1. The molecule has 0 aliphatic heterocycles. The van der Waals surface area contributed by atoms with Crippen molar-refractivity contribution in [3.63, 3.8) is 0 Å². The van der Waals surface area contributed by atoms with Crippen molar-refractivity contribution in [3.8, 4) is 0 Å². The quantitative estimate of drug-likeness (QED) is 0.719. The fourth-order valence-electron chi connectivity index (χ4n) is 2.63. The Morgan fingerprint density at radius 3 is 2.46 bits per heavy atom. The molecular formula is C19H23N3O3S. The average Bonchev–Trinajstić information content (AvgIpc) is 3.23. The second-order valence-corrected chi connectivity index (χ2v) is 8.91. The Morgan fingerprint density at radius 1 is 1.12 bits per heavy atom. The zero-order valence-corrected chi connectivity index (χ0v) is 16.0. The standard InChI is InChI=1S/C19H23N3O3S/c1-19(2,3)18-17(26(23,24)20-12-16-10-7-11-25-16)14-22(21-18)13-15-8-5-4-6-9-15/h4-11,14,20H,12-13H2,1-3H3. The van der Waals surface area contributed by atoms with Crippen LogP contribution in [0.15, 0.2) is 64.2 Å². The van der Waals surface area contributed by atoms with Crippen LogP contribution in [0.25, 0.3) is 0 Å². The second kappa shape index (κ2) is 7.09. The number of aromatic nitrogens is 2. The molecule has 3 aromatic rings. The van der Waals surface area contributed by atoms with E-state index in [0.717, 1.165) is 5.56 Å². The average molecular weight is 373 g/mol. The first-order valence-corrected chi connectivity index (χ1v) is 9.88. The molecule has 1 N–H and O–H groups in total. The van der Waals surface area contributed by atoms with Gasteiger partial charge in [-0.25, -0.2) is 13.1 Å². The van der Waals surface area contributed by atoms with Crippen LogP contribution in [0.5, 0.6) is 0 Å². The molecule has 0 saturated heterocycles. The van der Waals surface area contributed by atoms with Crippen LogP contribution in [0.3, 0.4) is 0 Å². The Labute approximate surface area is 153 Å². The molecule has 0 amide bonds. The van der Waals surface area contributed by atoms with E-state index in [2.05, 4.69) is 9.82 Å². The first kappa shape index (κ1) is 18.4. The van der Waals surface area contributed by atoms with Crippen molar-refractivity contribution in [1.29, 1.82) is 0 Å². The lowest BCUT2D eigenvalue weighted by molar-refractivity contribution is 0.497. The lowest BCUT2D eigenvalue weighted by Gasteiger charge is -2.17. The van der Waals surface area contributed by atoms with E-state index in [9.17, 15) is 8.42 Å². The number of hydrogen-bond donors (Lipinski definition) is 1. The zero-order valence-electron chi connectivity index (χ0n) is 15.1. The van der Waals surface area contributed by atoms with Crippen molar-refractivity contribution in [2.75, 3.05) is 0 Å². The summed E-state index contributed by atoms with van der Waals surface area (Å²) in [5.41, 5.74) is 1.19. The van der Waals surface area contributed by atoms with Crippen LogP contribution >= 0.6 is 0 Å². The van der Waals surface area contributed by atoms with E-state index in [4.69, 9.17) is 4.42 Å². The summed E-state index contributed by atoms with van der Waals surface area (Å²) in [6, 6.07) is 13.3. The summed E-state index contributed by atoms with van der Waals surface area (Å²) in [5.74, 6) is 0.558. The minimum absolute atomic E-state index is 0.1000. The highest BCUT2D eigenvalue weighted by Gasteiger charge is 2.30. The lowest BCUT2D eigenvalue weighted by Crippen LogP contribution is -2.26. The Bertz CT molecular complexity index is 953. The van der Waals surface area contributed by atoms with E-state index in [-0.39, 0.29) is 11.4 Å².